The van der Waals surface area contributed by atoms with Crippen LogP contribution in [0.5, 0.6) is 0 Å². The van der Waals surface area contributed by atoms with Gasteiger partial charge in [0, 0.05) is 13.3 Å². The van der Waals surface area contributed by atoms with Crippen molar-refractivity contribution >= 4 is 17.1 Å². The van der Waals surface area contributed by atoms with Crippen molar-refractivity contribution in [2.75, 3.05) is 26.9 Å². The van der Waals surface area contributed by atoms with Gasteiger partial charge in [-0.2, -0.15) is 0 Å². The topological polar surface area (TPSA) is 57.7 Å². The highest BCUT2D eigenvalue weighted by atomic mass is 32.1. The minimum atomic E-state index is -0.404. The number of carbonyl (C=O) groups excluding carboxylic acids is 1. The molecule has 0 atom stereocenters. The zero-order valence-corrected chi connectivity index (χ0v) is 9.08. The van der Waals surface area contributed by atoms with E-state index < -0.39 is 6.29 Å². The number of nitrogens with zero attached hydrogens (tertiary/aromatic N) is 1. The molecule has 2 heterocycles. The van der Waals surface area contributed by atoms with Gasteiger partial charge in [0.2, 0.25) is 6.29 Å². The highest BCUT2D eigenvalue weighted by Crippen LogP contribution is 2.27. The second-order valence-electron chi connectivity index (χ2n) is 2.99. The van der Waals surface area contributed by atoms with E-state index >= 15 is 0 Å². The molecule has 1 aliphatic heterocycles. The Kier molecular flexibility index (Phi) is 3.42. The molecular weight excluding hydrogens is 218 g/mol. The van der Waals surface area contributed by atoms with Crippen LogP contribution in [0.4, 0.5) is 0 Å². The molecule has 1 aliphatic rings. The predicted molar refractivity (Wildman–Crippen MR) is 53.0 cm³/mol. The predicted octanol–water partition coefficient (Wildman–Crippen LogP) is 1.02. The van der Waals surface area contributed by atoms with E-state index in [1.807, 2.05) is 0 Å². The van der Waals surface area contributed by atoms with Crippen molar-refractivity contribution in [3.05, 3.63) is 16.1 Å². The minimum absolute atomic E-state index is 0.0701. The van der Waals surface area contributed by atoms with Crippen LogP contribution < -0.4 is 0 Å². The fraction of sp³-hybridized carbons (Fsp3) is 0.556. The summed E-state index contributed by atoms with van der Waals surface area (Å²) in [6.07, 6.45) is 1.13. The van der Waals surface area contributed by atoms with Crippen molar-refractivity contribution in [3.8, 4) is 0 Å². The molecule has 5 nitrogen and oxygen atoms in total. The van der Waals surface area contributed by atoms with Crippen LogP contribution in [-0.4, -0.2) is 37.7 Å². The van der Waals surface area contributed by atoms with Crippen LogP contribution in [0.1, 0.15) is 21.0 Å². The third kappa shape index (κ3) is 2.40. The number of Topliss-reactive ketones (excluding diaryl/α,β-unsaturated/α-hetero) is 1. The first kappa shape index (κ1) is 10.7. The lowest BCUT2D eigenvalue weighted by Gasteiger charge is -2.02. The van der Waals surface area contributed by atoms with Gasteiger partial charge in [0.15, 0.2) is 5.78 Å². The van der Waals surface area contributed by atoms with Crippen LogP contribution in [0.25, 0.3) is 0 Å². The molecule has 0 unspecified atom stereocenters. The summed E-state index contributed by atoms with van der Waals surface area (Å²) in [5.74, 6) is -0.0701. The monoisotopic (exact) mass is 229 g/mol. The summed E-state index contributed by atoms with van der Waals surface area (Å²) in [6, 6.07) is 0. The van der Waals surface area contributed by atoms with Gasteiger partial charge in [-0.25, -0.2) is 4.98 Å². The molecule has 0 bridgehead atoms. The number of methoxy groups -OCH3 is 1. The van der Waals surface area contributed by atoms with Crippen molar-refractivity contribution in [2.24, 2.45) is 0 Å². The molecule has 1 aromatic heterocycles. The lowest BCUT2D eigenvalue weighted by Crippen LogP contribution is -2.04. The smallest absolute Gasteiger partial charge is 0.211 e. The lowest BCUT2D eigenvalue weighted by atomic mass is 10.4. The van der Waals surface area contributed by atoms with Crippen LogP contribution in [0.2, 0.25) is 0 Å². The summed E-state index contributed by atoms with van der Waals surface area (Å²) in [5.41, 5.74) is 0. The van der Waals surface area contributed by atoms with Gasteiger partial charge >= 0.3 is 0 Å². The van der Waals surface area contributed by atoms with Gasteiger partial charge in [0.05, 0.1) is 18.1 Å². The van der Waals surface area contributed by atoms with E-state index in [1.54, 1.807) is 0 Å². The van der Waals surface area contributed by atoms with Crippen LogP contribution in [0.3, 0.4) is 0 Å². The molecule has 0 N–H and O–H groups in total. The number of thiazole rings is 1. The molecule has 82 valence electrons. The molecular formula is C9H11NO4S. The molecule has 0 saturated carbocycles. The molecule has 1 aromatic rings. The summed E-state index contributed by atoms with van der Waals surface area (Å²) < 4.78 is 15.3. The quantitative estimate of drug-likeness (QED) is 0.721. The molecule has 1 saturated heterocycles. The first-order valence-corrected chi connectivity index (χ1v) is 5.34. The Morgan fingerprint density at radius 1 is 1.67 bits per heavy atom. The maximum atomic E-state index is 11.4. The summed E-state index contributed by atoms with van der Waals surface area (Å²) >= 11 is 1.29. The van der Waals surface area contributed by atoms with Crippen LogP contribution >= 0.6 is 11.3 Å². The Bertz CT molecular complexity index is 346. The summed E-state index contributed by atoms with van der Waals surface area (Å²) in [7, 11) is 1.49. The van der Waals surface area contributed by atoms with Gasteiger partial charge in [-0.05, 0) is 0 Å². The van der Waals surface area contributed by atoms with E-state index in [1.165, 1.54) is 24.6 Å². The van der Waals surface area contributed by atoms with Crippen LogP contribution in [-0.2, 0) is 14.2 Å². The van der Waals surface area contributed by atoms with E-state index in [-0.39, 0.29) is 12.4 Å². The van der Waals surface area contributed by atoms with Crippen molar-refractivity contribution in [2.45, 2.75) is 6.29 Å². The second kappa shape index (κ2) is 4.80. The zero-order chi connectivity index (χ0) is 10.7. The standard InChI is InChI=1S/C9H11NO4S/c1-12-5-6(11)7-4-10-8(15-7)9-13-2-3-14-9/h4,9H,2-3,5H2,1H3. The van der Waals surface area contributed by atoms with E-state index in [2.05, 4.69) is 4.98 Å². The molecule has 2 rings (SSSR count). The number of carbonyl (C=O) groups is 1. The van der Waals surface area contributed by atoms with Crippen LogP contribution in [0, 0.1) is 0 Å². The first-order valence-electron chi connectivity index (χ1n) is 4.52. The number of ether oxygens (including phenoxy) is 3. The average Bonchev–Trinajstić information content (AvgIpc) is 2.89. The second-order valence-corrected chi connectivity index (χ2v) is 4.05. The Hall–Kier alpha value is -0.820. The zero-order valence-electron chi connectivity index (χ0n) is 8.26. The molecule has 15 heavy (non-hydrogen) atoms. The van der Waals surface area contributed by atoms with Crippen molar-refractivity contribution in [3.63, 3.8) is 0 Å². The molecule has 6 heteroatoms. The molecule has 0 spiro atoms. The van der Waals surface area contributed by atoms with Gasteiger partial charge in [0.1, 0.15) is 11.6 Å². The van der Waals surface area contributed by atoms with E-state index in [9.17, 15) is 4.79 Å². The SMILES string of the molecule is COCC(=O)c1cnc(C2OCCO2)s1. The molecule has 0 aliphatic carbocycles. The summed E-state index contributed by atoms with van der Waals surface area (Å²) in [4.78, 5) is 16.1. The van der Waals surface area contributed by atoms with Gasteiger partial charge in [-0.3, -0.25) is 4.79 Å². The largest absolute Gasteiger partial charge is 0.376 e. The normalized spacial score (nSPS) is 17.1. The van der Waals surface area contributed by atoms with E-state index in [0.29, 0.717) is 23.1 Å². The Labute approximate surface area is 91.0 Å². The van der Waals surface area contributed by atoms with E-state index in [4.69, 9.17) is 14.2 Å². The number of aromatic nitrogens is 1. The minimum Gasteiger partial charge on any atom is -0.376 e. The third-order valence-corrected chi connectivity index (χ3v) is 2.96. The lowest BCUT2D eigenvalue weighted by molar-refractivity contribution is -0.0442. The fourth-order valence-electron chi connectivity index (χ4n) is 1.23. The Morgan fingerprint density at radius 3 is 3.07 bits per heavy atom. The highest BCUT2D eigenvalue weighted by Gasteiger charge is 2.22. The van der Waals surface area contributed by atoms with Crippen molar-refractivity contribution in [1.82, 2.24) is 4.98 Å². The number of hydrogen-bond acceptors (Lipinski definition) is 6. The van der Waals surface area contributed by atoms with Crippen molar-refractivity contribution < 1.29 is 19.0 Å². The van der Waals surface area contributed by atoms with E-state index in [0.717, 1.165) is 0 Å². The van der Waals surface area contributed by atoms with Gasteiger partial charge in [-0.1, -0.05) is 0 Å². The Balaban J connectivity index is 2.06. The van der Waals surface area contributed by atoms with Gasteiger partial charge in [-0.15, -0.1) is 11.3 Å². The third-order valence-electron chi connectivity index (χ3n) is 1.90. The maximum absolute atomic E-state index is 11.4. The highest BCUT2D eigenvalue weighted by molar-refractivity contribution is 7.13. The van der Waals surface area contributed by atoms with Gasteiger partial charge < -0.3 is 14.2 Å². The molecule has 0 radical (unpaired) electrons. The first-order chi connectivity index (χ1) is 7.31. The number of rotatable bonds is 4. The molecule has 0 amide bonds. The molecule has 1 fully saturated rings. The van der Waals surface area contributed by atoms with Crippen molar-refractivity contribution in [1.29, 1.82) is 0 Å². The fourth-order valence-corrected chi connectivity index (χ4v) is 2.07. The average molecular weight is 229 g/mol. The maximum Gasteiger partial charge on any atom is 0.211 e. The van der Waals surface area contributed by atoms with Gasteiger partial charge in [0.25, 0.3) is 0 Å². The summed E-state index contributed by atoms with van der Waals surface area (Å²) in [5, 5.41) is 0.687. The number of hydrogen-bond donors (Lipinski definition) is 0. The number of ketones is 1. The molecule has 0 aromatic carbocycles. The van der Waals surface area contributed by atoms with Crippen LogP contribution in [0.15, 0.2) is 6.20 Å². The Morgan fingerprint density at radius 2 is 2.40 bits per heavy atom. The summed E-state index contributed by atoms with van der Waals surface area (Å²) in [6.45, 7) is 1.23.